The van der Waals surface area contributed by atoms with Crippen LogP contribution in [-0.4, -0.2) is 31.4 Å². The Morgan fingerprint density at radius 3 is 2.46 bits per heavy atom. The number of carbonyl (C=O) groups excluding carboxylic acids is 1. The molecule has 138 valence electrons. The highest BCUT2D eigenvalue weighted by Crippen LogP contribution is 2.21. The van der Waals surface area contributed by atoms with Crippen LogP contribution in [0.25, 0.3) is 0 Å². The predicted molar refractivity (Wildman–Crippen MR) is 97.9 cm³/mol. The van der Waals surface area contributed by atoms with Crippen molar-refractivity contribution in [3.8, 4) is 0 Å². The van der Waals surface area contributed by atoms with Crippen LogP contribution in [0.5, 0.6) is 0 Å². The number of carbonyl (C=O) groups is 2. The van der Waals surface area contributed by atoms with E-state index in [0.29, 0.717) is 0 Å². The van der Waals surface area contributed by atoms with Crippen LogP contribution in [0.2, 0.25) is 0 Å². The van der Waals surface area contributed by atoms with E-state index in [1.54, 1.807) is 12.1 Å². The highest BCUT2D eigenvalue weighted by Gasteiger charge is 2.20. The lowest BCUT2D eigenvalue weighted by molar-refractivity contribution is 0.0696. The predicted octanol–water partition coefficient (Wildman–Crippen LogP) is 2.71. The molecule has 0 saturated carbocycles. The third-order valence-electron chi connectivity index (χ3n) is 3.80. The molecule has 26 heavy (non-hydrogen) atoms. The summed E-state index contributed by atoms with van der Waals surface area (Å²) >= 11 is 0. The van der Waals surface area contributed by atoms with Crippen molar-refractivity contribution in [1.29, 1.82) is 0 Å². The standard InChI is InChI=1S/C18H20N2O5S/c1-3-12(2)19-17(21)15-9-4-5-10-16(15)20-26(24,25)14-8-6-7-13(11-14)18(22)23/h4-12,20H,3H2,1-2H3,(H,19,21)(H,22,23)/t12-/m1/s1. The molecule has 2 aromatic rings. The fourth-order valence-electron chi connectivity index (χ4n) is 2.17. The number of rotatable bonds is 7. The molecule has 1 atom stereocenters. The van der Waals surface area contributed by atoms with Crippen LogP contribution in [0.3, 0.4) is 0 Å². The Bertz CT molecular complexity index is 925. The van der Waals surface area contributed by atoms with Gasteiger partial charge in [-0.15, -0.1) is 0 Å². The first-order valence-corrected chi connectivity index (χ1v) is 9.49. The maximum Gasteiger partial charge on any atom is 0.335 e. The number of hydrogen-bond donors (Lipinski definition) is 3. The van der Waals surface area contributed by atoms with E-state index in [1.165, 1.54) is 30.3 Å². The Morgan fingerprint density at radius 1 is 1.12 bits per heavy atom. The Labute approximate surface area is 152 Å². The SMILES string of the molecule is CC[C@@H](C)NC(=O)c1ccccc1NS(=O)(=O)c1cccc(C(=O)O)c1. The molecule has 0 unspecified atom stereocenters. The number of para-hydroxylation sites is 1. The molecule has 0 fully saturated rings. The smallest absolute Gasteiger partial charge is 0.335 e. The van der Waals surface area contributed by atoms with Gasteiger partial charge in [0.1, 0.15) is 0 Å². The Hall–Kier alpha value is -2.87. The molecular formula is C18H20N2O5S. The molecule has 2 rings (SSSR count). The van der Waals surface area contributed by atoms with Gasteiger partial charge >= 0.3 is 5.97 Å². The van der Waals surface area contributed by atoms with Gasteiger partial charge in [-0.2, -0.15) is 0 Å². The fourth-order valence-corrected chi connectivity index (χ4v) is 3.30. The molecule has 0 aliphatic rings. The number of benzene rings is 2. The van der Waals surface area contributed by atoms with Crippen LogP contribution < -0.4 is 10.0 Å². The summed E-state index contributed by atoms with van der Waals surface area (Å²) in [6, 6.07) is 11.2. The fraction of sp³-hybridized carbons (Fsp3) is 0.222. The Balaban J connectivity index is 2.34. The van der Waals surface area contributed by atoms with Crippen LogP contribution >= 0.6 is 0 Å². The molecule has 0 aliphatic carbocycles. The molecule has 3 N–H and O–H groups in total. The molecule has 0 radical (unpaired) electrons. The van der Waals surface area contributed by atoms with Gasteiger partial charge in [-0.1, -0.05) is 25.1 Å². The second-order valence-electron chi connectivity index (χ2n) is 5.77. The van der Waals surface area contributed by atoms with E-state index in [-0.39, 0.29) is 27.8 Å². The van der Waals surface area contributed by atoms with Gasteiger partial charge in [-0.3, -0.25) is 9.52 Å². The molecular weight excluding hydrogens is 356 g/mol. The monoisotopic (exact) mass is 376 g/mol. The highest BCUT2D eigenvalue weighted by atomic mass is 32.2. The average molecular weight is 376 g/mol. The summed E-state index contributed by atoms with van der Waals surface area (Å²) < 4.78 is 27.5. The number of amides is 1. The molecule has 0 aliphatic heterocycles. The van der Waals surface area contributed by atoms with Crippen molar-refractivity contribution in [2.24, 2.45) is 0 Å². The number of hydrogen-bond acceptors (Lipinski definition) is 4. The van der Waals surface area contributed by atoms with Crippen molar-refractivity contribution in [3.05, 3.63) is 59.7 Å². The number of nitrogens with one attached hydrogen (secondary N) is 2. The Kier molecular flexibility index (Phi) is 5.99. The van der Waals surface area contributed by atoms with Gasteiger partial charge in [-0.05, 0) is 43.7 Å². The first kappa shape index (κ1) is 19.5. The lowest BCUT2D eigenvalue weighted by Gasteiger charge is -2.15. The summed E-state index contributed by atoms with van der Waals surface area (Å²) in [4.78, 5) is 23.2. The molecule has 0 saturated heterocycles. The summed E-state index contributed by atoms with van der Waals surface area (Å²) in [6.07, 6.45) is 0.738. The van der Waals surface area contributed by atoms with Gasteiger partial charge in [0, 0.05) is 6.04 Å². The van der Waals surface area contributed by atoms with Crippen LogP contribution in [0.15, 0.2) is 53.4 Å². The van der Waals surface area contributed by atoms with Gasteiger partial charge in [0.25, 0.3) is 15.9 Å². The number of aromatic carboxylic acids is 1. The minimum Gasteiger partial charge on any atom is -0.478 e. The Morgan fingerprint density at radius 2 is 1.81 bits per heavy atom. The van der Waals surface area contributed by atoms with Crippen LogP contribution in [0.4, 0.5) is 5.69 Å². The van der Waals surface area contributed by atoms with E-state index >= 15 is 0 Å². The number of anilines is 1. The lowest BCUT2D eigenvalue weighted by atomic mass is 10.1. The van der Waals surface area contributed by atoms with Crippen LogP contribution in [-0.2, 0) is 10.0 Å². The zero-order chi connectivity index (χ0) is 19.3. The van der Waals surface area contributed by atoms with E-state index in [1.807, 2.05) is 13.8 Å². The second kappa shape index (κ2) is 8.01. The van der Waals surface area contributed by atoms with Gasteiger partial charge < -0.3 is 10.4 Å². The minimum absolute atomic E-state index is 0.0561. The van der Waals surface area contributed by atoms with Gasteiger partial charge in [-0.25, -0.2) is 13.2 Å². The lowest BCUT2D eigenvalue weighted by Crippen LogP contribution is -2.32. The third-order valence-corrected chi connectivity index (χ3v) is 5.16. The second-order valence-corrected chi connectivity index (χ2v) is 7.45. The molecule has 7 nitrogen and oxygen atoms in total. The molecule has 0 bridgehead atoms. The van der Waals surface area contributed by atoms with E-state index < -0.39 is 21.9 Å². The van der Waals surface area contributed by atoms with Gasteiger partial charge in [0.15, 0.2) is 0 Å². The zero-order valence-electron chi connectivity index (χ0n) is 14.4. The molecule has 1 amide bonds. The minimum atomic E-state index is -4.05. The van der Waals surface area contributed by atoms with Crippen molar-refractivity contribution in [3.63, 3.8) is 0 Å². The first-order valence-electron chi connectivity index (χ1n) is 8.00. The largest absolute Gasteiger partial charge is 0.478 e. The number of carboxylic acids is 1. The molecule has 0 aromatic heterocycles. The maximum absolute atomic E-state index is 12.6. The van der Waals surface area contributed by atoms with E-state index in [0.717, 1.165) is 12.5 Å². The average Bonchev–Trinajstić information content (AvgIpc) is 2.61. The molecule has 2 aromatic carbocycles. The maximum atomic E-state index is 12.6. The summed E-state index contributed by atoms with van der Waals surface area (Å²) in [5, 5.41) is 11.8. The highest BCUT2D eigenvalue weighted by molar-refractivity contribution is 7.92. The van der Waals surface area contributed by atoms with E-state index in [9.17, 15) is 18.0 Å². The van der Waals surface area contributed by atoms with Crippen molar-refractivity contribution in [2.75, 3.05) is 4.72 Å². The van der Waals surface area contributed by atoms with E-state index in [2.05, 4.69) is 10.0 Å². The summed E-state index contributed by atoms with van der Waals surface area (Å²) in [6.45, 7) is 3.77. The molecule has 8 heteroatoms. The van der Waals surface area contributed by atoms with Gasteiger partial charge in [0.2, 0.25) is 0 Å². The summed E-state index contributed by atoms with van der Waals surface area (Å²) in [7, 11) is -4.05. The quantitative estimate of drug-likeness (QED) is 0.688. The van der Waals surface area contributed by atoms with Crippen molar-refractivity contribution in [1.82, 2.24) is 5.32 Å². The van der Waals surface area contributed by atoms with E-state index in [4.69, 9.17) is 5.11 Å². The number of sulfonamides is 1. The van der Waals surface area contributed by atoms with Crippen molar-refractivity contribution < 1.29 is 23.1 Å². The molecule has 0 heterocycles. The van der Waals surface area contributed by atoms with Crippen LogP contribution in [0, 0.1) is 0 Å². The molecule has 0 spiro atoms. The zero-order valence-corrected chi connectivity index (χ0v) is 15.2. The van der Waals surface area contributed by atoms with Gasteiger partial charge in [0.05, 0.1) is 21.7 Å². The van der Waals surface area contributed by atoms with Crippen LogP contribution in [0.1, 0.15) is 41.0 Å². The van der Waals surface area contributed by atoms with Crippen molar-refractivity contribution >= 4 is 27.6 Å². The summed E-state index contributed by atoms with van der Waals surface area (Å²) in [5.74, 6) is -1.62. The normalized spacial score (nSPS) is 12.2. The summed E-state index contributed by atoms with van der Waals surface area (Å²) in [5.41, 5.74) is 0.162. The van der Waals surface area contributed by atoms with Crippen molar-refractivity contribution in [2.45, 2.75) is 31.2 Å². The third kappa shape index (κ3) is 4.60. The topological polar surface area (TPSA) is 113 Å². The number of carboxylic acid groups (broad SMARTS) is 1. The first-order chi connectivity index (χ1) is 12.2.